The van der Waals surface area contributed by atoms with Gasteiger partial charge >= 0.3 is 0 Å². The average Bonchev–Trinajstić information content (AvgIpc) is 3.22. The molecule has 1 atom stereocenters. The van der Waals surface area contributed by atoms with E-state index in [1.54, 1.807) is 11.6 Å². The fourth-order valence-electron chi connectivity index (χ4n) is 2.62. The van der Waals surface area contributed by atoms with Crippen LogP contribution in [0.2, 0.25) is 0 Å². The molecule has 0 fully saturated rings. The van der Waals surface area contributed by atoms with Gasteiger partial charge in [0.1, 0.15) is 5.75 Å². The number of ether oxygens (including phenoxy) is 1. The van der Waals surface area contributed by atoms with E-state index in [2.05, 4.69) is 20.6 Å². The fourth-order valence-corrected chi connectivity index (χ4v) is 3.30. The van der Waals surface area contributed by atoms with E-state index in [4.69, 9.17) is 9.15 Å². The summed E-state index contributed by atoms with van der Waals surface area (Å²) in [6, 6.07) is 7.42. The molecule has 0 aliphatic rings. The van der Waals surface area contributed by atoms with Crippen LogP contribution in [0.3, 0.4) is 0 Å². The zero-order valence-corrected chi connectivity index (χ0v) is 17.3. The van der Waals surface area contributed by atoms with Crippen LogP contribution in [-0.4, -0.2) is 37.7 Å². The molecular weight excluding hydrogens is 378 g/mol. The highest BCUT2D eigenvalue weighted by Crippen LogP contribution is 2.28. The molecule has 148 valence electrons. The highest BCUT2D eigenvalue weighted by atomic mass is 32.2. The minimum absolute atomic E-state index is 0.148. The van der Waals surface area contributed by atoms with Crippen LogP contribution in [0.15, 0.2) is 33.9 Å². The highest BCUT2D eigenvalue weighted by Gasteiger charge is 2.21. The maximum absolute atomic E-state index is 12.5. The Kier molecular flexibility index (Phi) is 6.03. The molecule has 0 unspecified atom stereocenters. The van der Waals surface area contributed by atoms with Gasteiger partial charge in [-0.15, -0.1) is 10.2 Å². The molecule has 2 heterocycles. The van der Waals surface area contributed by atoms with E-state index in [9.17, 15) is 4.79 Å². The van der Waals surface area contributed by atoms with E-state index in [1.807, 2.05) is 52.1 Å². The normalized spacial score (nSPS) is 12.0. The van der Waals surface area contributed by atoms with Crippen molar-refractivity contribution < 1.29 is 13.9 Å². The van der Waals surface area contributed by atoms with Gasteiger partial charge in [0.25, 0.3) is 5.22 Å². The lowest BCUT2D eigenvalue weighted by Gasteiger charge is -2.10. The van der Waals surface area contributed by atoms with E-state index < -0.39 is 5.25 Å². The quantitative estimate of drug-likeness (QED) is 0.604. The van der Waals surface area contributed by atoms with Gasteiger partial charge in [0.2, 0.25) is 11.8 Å². The smallest absolute Gasteiger partial charge is 0.277 e. The summed E-state index contributed by atoms with van der Waals surface area (Å²) < 4.78 is 12.9. The SMILES string of the molecule is CCOc1ccc(-c2nnc(S[C@H](C)C(=O)Nc3c(C)nn(C)c3C)o2)cc1. The Morgan fingerprint density at radius 2 is 2.00 bits per heavy atom. The van der Waals surface area contributed by atoms with E-state index in [0.29, 0.717) is 17.7 Å². The average molecular weight is 401 g/mol. The first-order chi connectivity index (χ1) is 13.4. The van der Waals surface area contributed by atoms with E-state index >= 15 is 0 Å². The van der Waals surface area contributed by atoms with E-state index in [1.165, 1.54) is 11.8 Å². The zero-order chi connectivity index (χ0) is 20.3. The van der Waals surface area contributed by atoms with Crippen molar-refractivity contribution in [1.29, 1.82) is 0 Å². The first-order valence-corrected chi connectivity index (χ1v) is 9.81. The number of carbonyl (C=O) groups is 1. The van der Waals surface area contributed by atoms with Gasteiger partial charge in [-0.25, -0.2) is 0 Å². The Morgan fingerprint density at radius 1 is 1.29 bits per heavy atom. The van der Waals surface area contributed by atoms with Crippen LogP contribution in [0.25, 0.3) is 11.5 Å². The molecule has 1 aromatic carbocycles. The van der Waals surface area contributed by atoms with Gasteiger partial charge in [0, 0.05) is 12.6 Å². The molecule has 3 rings (SSSR count). The lowest BCUT2D eigenvalue weighted by atomic mass is 10.2. The van der Waals surface area contributed by atoms with Gasteiger partial charge in [0.15, 0.2) is 0 Å². The number of rotatable bonds is 7. The van der Waals surface area contributed by atoms with Gasteiger partial charge in [-0.2, -0.15) is 5.10 Å². The maximum Gasteiger partial charge on any atom is 0.277 e. The second-order valence-electron chi connectivity index (χ2n) is 6.25. The number of hydrogen-bond donors (Lipinski definition) is 1. The van der Waals surface area contributed by atoms with Gasteiger partial charge in [-0.05, 0) is 52.0 Å². The summed E-state index contributed by atoms with van der Waals surface area (Å²) in [7, 11) is 1.84. The molecule has 1 N–H and O–H groups in total. The number of benzene rings is 1. The third kappa shape index (κ3) is 4.36. The third-order valence-corrected chi connectivity index (χ3v) is 5.16. The largest absolute Gasteiger partial charge is 0.494 e. The zero-order valence-electron chi connectivity index (χ0n) is 16.5. The molecule has 1 amide bonds. The van der Waals surface area contributed by atoms with Gasteiger partial charge in [0.05, 0.1) is 28.9 Å². The molecule has 0 radical (unpaired) electrons. The number of hydrogen-bond acceptors (Lipinski definition) is 7. The Morgan fingerprint density at radius 3 is 2.61 bits per heavy atom. The van der Waals surface area contributed by atoms with Crippen molar-refractivity contribution in [3.05, 3.63) is 35.7 Å². The lowest BCUT2D eigenvalue weighted by molar-refractivity contribution is -0.115. The lowest BCUT2D eigenvalue weighted by Crippen LogP contribution is -2.23. The Hall–Kier alpha value is -2.81. The van der Waals surface area contributed by atoms with Gasteiger partial charge in [-0.1, -0.05) is 11.8 Å². The molecule has 0 aliphatic carbocycles. The third-order valence-electron chi connectivity index (χ3n) is 4.22. The highest BCUT2D eigenvalue weighted by molar-refractivity contribution is 8.00. The van der Waals surface area contributed by atoms with Crippen LogP contribution >= 0.6 is 11.8 Å². The fraction of sp³-hybridized carbons (Fsp3) is 0.368. The summed E-state index contributed by atoms with van der Waals surface area (Å²) >= 11 is 1.21. The second kappa shape index (κ2) is 8.47. The van der Waals surface area contributed by atoms with Gasteiger partial charge in [-0.3, -0.25) is 9.48 Å². The van der Waals surface area contributed by atoms with Crippen LogP contribution in [0.1, 0.15) is 25.2 Å². The topological polar surface area (TPSA) is 95.1 Å². The predicted octanol–water partition coefficient (Wildman–Crippen LogP) is 3.60. The molecule has 0 aliphatic heterocycles. The minimum Gasteiger partial charge on any atom is -0.494 e. The van der Waals surface area contributed by atoms with Crippen molar-refractivity contribution >= 4 is 23.4 Å². The van der Waals surface area contributed by atoms with Crippen LogP contribution in [0.5, 0.6) is 5.75 Å². The monoisotopic (exact) mass is 401 g/mol. The molecular formula is C19H23N5O3S. The van der Waals surface area contributed by atoms with Crippen molar-refractivity contribution in [3.8, 4) is 17.2 Å². The Balaban J connectivity index is 1.64. The van der Waals surface area contributed by atoms with Gasteiger partial charge < -0.3 is 14.5 Å². The van der Waals surface area contributed by atoms with Crippen molar-refractivity contribution in [1.82, 2.24) is 20.0 Å². The predicted molar refractivity (Wildman–Crippen MR) is 108 cm³/mol. The molecule has 2 aromatic heterocycles. The van der Waals surface area contributed by atoms with Crippen molar-refractivity contribution in [2.75, 3.05) is 11.9 Å². The molecule has 3 aromatic rings. The number of amides is 1. The molecule has 0 spiro atoms. The molecule has 0 saturated heterocycles. The Bertz CT molecular complexity index is 965. The van der Waals surface area contributed by atoms with Crippen LogP contribution in [0, 0.1) is 13.8 Å². The summed E-state index contributed by atoms with van der Waals surface area (Å²) in [5, 5.41) is 15.3. The number of aryl methyl sites for hydroxylation is 2. The number of carbonyl (C=O) groups excluding carboxylic acids is 1. The van der Waals surface area contributed by atoms with Crippen LogP contribution in [-0.2, 0) is 11.8 Å². The first kappa shape index (κ1) is 19.9. The first-order valence-electron chi connectivity index (χ1n) is 8.93. The van der Waals surface area contributed by atoms with Crippen LogP contribution in [0.4, 0.5) is 5.69 Å². The Labute approximate surface area is 167 Å². The number of thioether (sulfide) groups is 1. The van der Waals surface area contributed by atoms with Crippen molar-refractivity contribution in [2.45, 2.75) is 38.2 Å². The number of nitrogens with one attached hydrogen (secondary N) is 1. The van der Waals surface area contributed by atoms with E-state index in [0.717, 1.165) is 28.4 Å². The second-order valence-corrected chi connectivity index (χ2v) is 7.54. The molecule has 8 nitrogen and oxygen atoms in total. The number of nitrogens with zero attached hydrogens (tertiary/aromatic N) is 4. The molecule has 9 heteroatoms. The summed E-state index contributed by atoms with van der Waals surface area (Å²) in [5.41, 5.74) is 3.21. The molecule has 28 heavy (non-hydrogen) atoms. The number of aromatic nitrogens is 4. The summed E-state index contributed by atoms with van der Waals surface area (Å²) in [5.74, 6) is 1.04. The van der Waals surface area contributed by atoms with Crippen LogP contribution < -0.4 is 10.1 Å². The number of anilines is 1. The van der Waals surface area contributed by atoms with E-state index in [-0.39, 0.29) is 5.91 Å². The standard InChI is InChI=1S/C19H23N5O3S/c1-6-26-15-9-7-14(8-10-15)18-21-22-19(27-18)28-13(4)17(25)20-16-11(2)23-24(5)12(16)3/h7-10,13H,6H2,1-5H3,(H,20,25)/t13-/m1/s1. The molecule has 0 saturated carbocycles. The van der Waals surface area contributed by atoms with Crippen molar-refractivity contribution in [2.24, 2.45) is 7.05 Å². The maximum atomic E-state index is 12.5. The van der Waals surface area contributed by atoms with Crippen molar-refractivity contribution in [3.63, 3.8) is 0 Å². The molecule has 0 bridgehead atoms. The minimum atomic E-state index is -0.410. The summed E-state index contributed by atoms with van der Waals surface area (Å²) in [4.78, 5) is 12.5. The summed E-state index contributed by atoms with van der Waals surface area (Å²) in [6.45, 7) is 8.11. The summed E-state index contributed by atoms with van der Waals surface area (Å²) in [6.07, 6.45) is 0.